The fourth-order valence-electron chi connectivity index (χ4n) is 13.2. The minimum atomic E-state index is -1.71. The number of fused-ring (bicyclic) bond motifs is 7. The molecule has 13 nitrogen and oxygen atoms in total. The summed E-state index contributed by atoms with van der Waals surface area (Å²) in [6.45, 7) is 9.33. The second-order valence-corrected chi connectivity index (χ2v) is 18.7. The van der Waals surface area contributed by atoms with Gasteiger partial charge in [-0.1, -0.05) is 27.7 Å². The van der Waals surface area contributed by atoms with Crippen LogP contribution in [0.3, 0.4) is 0 Å². The second kappa shape index (κ2) is 14.1. The van der Waals surface area contributed by atoms with Crippen LogP contribution in [0.4, 0.5) is 0 Å². The van der Waals surface area contributed by atoms with Crippen LogP contribution in [0, 0.1) is 52.3 Å². The van der Waals surface area contributed by atoms with E-state index in [1.54, 1.807) is 0 Å². The van der Waals surface area contributed by atoms with E-state index in [-0.39, 0.29) is 23.0 Å². The van der Waals surface area contributed by atoms with Gasteiger partial charge in [0, 0.05) is 12.3 Å². The highest BCUT2D eigenvalue weighted by Crippen LogP contribution is 2.71. The molecule has 4 saturated heterocycles. The van der Waals surface area contributed by atoms with E-state index >= 15 is 0 Å². The van der Waals surface area contributed by atoms with E-state index < -0.39 is 80.4 Å². The van der Waals surface area contributed by atoms with Gasteiger partial charge in [0.25, 0.3) is 0 Å². The normalized spacial score (nSPS) is 59.0. The van der Waals surface area contributed by atoms with Crippen molar-refractivity contribution in [2.75, 3.05) is 19.8 Å². The molecule has 7 N–H and O–H groups in total. The van der Waals surface area contributed by atoms with Crippen LogP contribution in [-0.2, 0) is 28.4 Å². The van der Waals surface area contributed by atoms with Crippen molar-refractivity contribution in [3.8, 4) is 0 Å². The SMILES string of the molecule is C[C@@H]1CC[C@@]2(OC1)O[C@H]1C[C@H]3[C@@H]4CC[C@@H]5C[C@@H](O[C@@H]6O[C@H](CO)[C@H](O)[C@H](O)[C@H]6O[C@@H]6O[C@H](CO)[C@@H](O)[C@H](O)[C@H]6O)CC[C@]5(C)[C@H]4CC[C@]3(C)[C@H]1[C@@H]2C. The Morgan fingerprint density at radius 1 is 0.673 bits per heavy atom. The van der Waals surface area contributed by atoms with E-state index in [0.717, 1.165) is 45.1 Å². The largest absolute Gasteiger partial charge is 0.394 e. The number of aliphatic hydroxyl groups is 7. The summed E-state index contributed by atoms with van der Waals surface area (Å²) in [6.07, 6.45) is -3.88. The summed E-state index contributed by atoms with van der Waals surface area (Å²) in [5.74, 6) is 3.51. The van der Waals surface area contributed by atoms with Gasteiger partial charge in [-0.3, -0.25) is 0 Å². The van der Waals surface area contributed by atoms with Gasteiger partial charge in [0.05, 0.1) is 32.0 Å². The van der Waals surface area contributed by atoms with E-state index in [2.05, 4.69) is 27.7 Å². The van der Waals surface area contributed by atoms with Crippen molar-refractivity contribution in [3.05, 3.63) is 0 Å². The van der Waals surface area contributed by atoms with Gasteiger partial charge in [0.2, 0.25) is 0 Å². The van der Waals surface area contributed by atoms with Gasteiger partial charge in [-0.15, -0.1) is 0 Å². The minimum Gasteiger partial charge on any atom is -0.394 e. The first-order valence-electron chi connectivity index (χ1n) is 20.3. The molecule has 4 aliphatic heterocycles. The van der Waals surface area contributed by atoms with E-state index in [4.69, 9.17) is 28.4 Å². The van der Waals surface area contributed by atoms with Gasteiger partial charge in [0.15, 0.2) is 18.4 Å². The van der Waals surface area contributed by atoms with Crippen molar-refractivity contribution in [1.29, 1.82) is 0 Å². The van der Waals surface area contributed by atoms with Crippen molar-refractivity contribution in [1.82, 2.24) is 0 Å². The summed E-state index contributed by atoms with van der Waals surface area (Å²) in [5, 5.41) is 72.7. The lowest BCUT2D eigenvalue weighted by Crippen LogP contribution is -2.65. The Balaban J connectivity index is 0.942. The first-order valence-corrected chi connectivity index (χ1v) is 20.3. The quantitative estimate of drug-likeness (QED) is 0.194. The topological polar surface area (TPSA) is 197 Å². The van der Waals surface area contributed by atoms with Crippen molar-refractivity contribution in [2.45, 2.75) is 171 Å². The average molecular weight is 741 g/mol. The maximum absolute atomic E-state index is 11.1. The van der Waals surface area contributed by atoms with E-state index in [9.17, 15) is 35.7 Å². The van der Waals surface area contributed by atoms with E-state index in [0.29, 0.717) is 41.4 Å². The Kier molecular flexibility index (Phi) is 10.4. The van der Waals surface area contributed by atoms with Gasteiger partial charge >= 0.3 is 0 Å². The van der Waals surface area contributed by atoms with Gasteiger partial charge in [-0.2, -0.15) is 0 Å². The van der Waals surface area contributed by atoms with Crippen LogP contribution in [0.2, 0.25) is 0 Å². The van der Waals surface area contributed by atoms with Gasteiger partial charge < -0.3 is 64.2 Å². The summed E-state index contributed by atoms with van der Waals surface area (Å²) >= 11 is 0. The first kappa shape index (κ1) is 38.4. The molecule has 0 amide bonds. The molecule has 8 fully saturated rings. The highest BCUT2D eigenvalue weighted by molar-refractivity contribution is 5.15. The van der Waals surface area contributed by atoms with Crippen LogP contribution in [0.25, 0.3) is 0 Å². The predicted octanol–water partition coefficient (Wildman–Crippen LogP) is 1.44. The molecule has 0 radical (unpaired) electrons. The van der Waals surface area contributed by atoms with Crippen molar-refractivity contribution in [2.24, 2.45) is 52.3 Å². The predicted molar refractivity (Wildman–Crippen MR) is 183 cm³/mol. The third-order valence-corrected chi connectivity index (χ3v) is 16.2. The van der Waals surface area contributed by atoms with Crippen LogP contribution < -0.4 is 0 Å². The zero-order valence-electron chi connectivity index (χ0n) is 31.2. The first-order chi connectivity index (χ1) is 24.7. The maximum atomic E-state index is 11.1. The molecule has 0 unspecified atom stereocenters. The molecule has 4 saturated carbocycles. The smallest absolute Gasteiger partial charge is 0.187 e. The molecule has 0 aromatic heterocycles. The lowest BCUT2D eigenvalue weighted by molar-refractivity contribution is -0.373. The van der Waals surface area contributed by atoms with E-state index in [1.165, 1.54) is 25.7 Å². The van der Waals surface area contributed by atoms with E-state index in [1.807, 2.05) is 0 Å². The van der Waals surface area contributed by atoms with Gasteiger partial charge in [0.1, 0.15) is 48.8 Å². The fraction of sp³-hybridized carbons (Fsp3) is 1.00. The average Bonchev–Trinajstić information content (AvgIpc) is 3.58. The summed E-state index contributed by atoms with van der Waals surface area (Å²) in [5.41, 5.74) is 0.425. The number of ether oxygens (including phenoxy) is 6. The van der Waals surface area contributed by atoms with Gasteiger partial charge in [-0.05, 0) is 104 Å². The molecule has 0 aromatic carbocycles. The van der Waals surface area contributed by atoms with Crippen LogP contribution in [-0.4, -0.2) is 135 Å². The zero-order chi connectivity index (χ0) is 36.9. The number of rotatable bonds is 6. The highest BCUT2D eigenvalue weighted by Gasteiger charge is 2.69. The molecule has 1 spiro atoms. The molecule has 0 aromatic rings. The van der Waals surface area contributed by atoms with Crippen molar-refractivity contribution < 1.29 is 64.2 Å². The van der Waals surface area contributed by atoms with Crippen LogP contribution >= 0.6 is 0 Å². The molecule has 8 aliphatic rings. The summed E-state index contributed by atoms with van der Waals surface area (Å²) < 4.78 is 37.5. The molecule has 4 aliphatic carbocycles. The molecule has 22 atom stereocenters. The van der Waals surface area contributed by atoms with Crippen molar-refractivity contribution in [3.63, 3.8) is 0 Å². The Labute approximate surface area is 307 Å². The molecule has 13 heteroatoms. The monoisotopic (exact) mass is 740 g/mol. The Morgan fingerprint density at radius 2 is 1.37 bits per heavy atom. The Morgan fingerprint density at radius 3 is 2.06 bits per heavy atom. The molecule has 0 bridgehead atoms. The number of hydrogen-bond acceptors (Lipinski definition) is 13. The van der Waals surface area contributed by atoms with Crippen molar-refractivity contribution >= 4 is 0 Å². The third kappa shape index (κ3) is 5.98. The van der Waals surface area contributed by atoms with Crippen LogP contribution in [0.15, 0.2) is 0 Å². The maximum Gasteiger partial charge on any atom is 0.187 e. The van der Waals surface area contributed by atoms with Crippen LogP contribution in [0.1, 0.15) is 91.9 Å². The molecule has 8 rings (SSSR count). The Bertz CT molecular complexity index is 1260. The molecular weight excluding hydrogens is 676 g/mol. The lowest BCUT2D eigenvalue weighted by Gasteiger charge is -2.61. The fourth-order valence-corrected chi connectivity index (χ4v) is 13.2. The molecular formula is C39H64O13. The molecule has 52 heavy (non-hydrogen) atoms. The van der Waals surface area contributed by atoms with Crippen LogP contribution in [0.5, 0.6) is 0 Å². The molecule has 298 valence electrons. The third-order valence-electron chi connectivity index (χ3n) is 16.2. The number of aliphatic hydroxyl groups excluding tert-OH is 7. The number of hydrogen-bond donors (Lipinski definition) is 7. The lowest BCUT2D eigenvalue weighted by atomic mass is 9.44. The molecule has 4 heterocycles. The zero-order valence-corrected chi connectivity index (χ0v) is 31.2. The second-order valence-electron chi connectivity index (χ2n) is 18.7. The summed E-state index contributed by atoms with van der Waals surface area (Å²) in [4.78, 5) is 0. The standard InChI is InChI=1S/C39H64O13/c1-18-7-12-39(47-17-18)19(2)28-25(52-39)14-24-22-6-5-20-13-21(8-10-37(20,3)23(22)9-11-38(24,28)4)48-36-34(32(45)30(43)27(16-41)50-36)51-35-33(46)31(44)29(42)26(15-40)49-35/h18-36,40-46H,5-17H2,1-4H3/t18-,19+,20-,21+,22-,23+,24+,25+,26-,27-,28+,29-,30+,31+,32+,33-,34-,35+,36-,37+,38+,39-/m1/s1. The highest BCUT2D eigenvalue weighted by atomic mass is 16.8. The minimum absolute atomic E-state index is 0.168. The van der Waals surface area contributed by atoms with Gasteiger partial charge in [-0.25, -0.2) is 0 Å². The Hall–Kier alpha value is -0.520. The summed E-state index contributed by atoms with van der Waals surface area (Å²) in [7, 11) is 0. The summed E-state index contributed by atoms with van der Waals surface area (Å²) in [6, 6.07) is 0.